The van der Waals surface area contributed by atoms with Gasteiger partial charge in [-0.25, -0.2) is 0 Å². The highest BCUT2D eigenvalue weighted by molar-refractivity contribution is 6.20. The quantitative estimate of drug-likeness (QED) is 0.112. The lowest BCUT2D eigenvalue weighted by Gasteiger charge is -2.09. The monoisotopic (exact) mass is 461 g/mol. The second kappa shape index (κ2) is 17.2. The molecule has 0 aliphatic rings. The van der Waals surface area contributed by atoms with Gasteiger partial charge in [-0.3, -0.25) is 14.4 Å². The van der Waals surface area contributed by atoms with Gasteiger partial charge in [0.15, 0.2) is 5.78 Å². The Bertz CT molecular complexity index is 685. The number of hydrogen-bond donors (Lipinski definition) is 3. The average molecular weight is 462 g/mol. The number of unbranched alkanes of at least 4 members (excludes halogenated alkanes) is 11. The molecule has 0 amide bonds. The lowest BCUT2D eigenvalue weighted by Crippen LogP contribution is -2.31. The van der Waals surface area contributed by atoms with Crippen molar-refractivity contribution in [2.45, 2.75) is 97.3 Å². The second-order valence-electron chi connectivity index (χ2n) is 9.40. The SMILES string of the molecule is CC(C)CCCCCCCCCCCCCCNc1ccc(C(=O)C(C(=O)O)C(=O)O)cc1. The minimum Gasteiger partial charge on any atom is -0.480 e. The number of hydrogen-bond acceptors (Lipinski definition) is 4. The number of carbonyl (C=O) groups is 3. The zero-order valence-corrected chi connectivity index (χ0v) is 20.5. The molecule has 0 aliphatic carbocycles. The zero-order chi connectivity index (χ0) is 24.5. The van der Waals surface area contributed by atoms with Crippen molar-refractivity contribution in [2.24, 2.45) is 11.8 Å². The zero-order valence-electron chi connectivity index (χ0n) is 20.5. The van der Waals surface area contributed by atoms with Crippen LogP contribution in [0.1, 0.15) is 108 Å². The second-order valence-corrected chi connectivity index (χ2v) is 9.40. The Morgan fingerprint density at radius 2 is 1.12 bits per heavy atom. The molecule has 0 radical (unpaired) electrons. The van der Waals surface area contributed by atoms with E-state index in [1.807, 2.05) is 0 Å². The number of carboxylic acid groups (broad SMARTS) is 2. The van der Waals surface area contributed by atoms with E-state index in [-0.39, 0.29) is 5.56 Å². The average Bonchev–Trinajstić information content (AvgIpc) is 2.76. The fraction of sp³-hybridized carbons (Fsp3) is 0.667. The number of Topliss-reactive ketones (excluding diaryl/α,β-unsaturated/α-hetero) is 1. The van der Waals surface area contributed by atoms with Gasteiger partial charge in [0.25, 0.3) is 0 Å². The molecule has 0 atom stereocenters. The number of anilines is 1. The summed E-state index contributed by atoms with van der Waals surface area (Å²) in [6, 6.07) is 6.29. The molecule has 0 aromatic heterocycles. The Labute approximate surface area is 199 Å². The molecule has 6 nitrogen and oxygen atoms in total. The Kier molecular flexibility index (Phi) is 14.9. The normalized spacial score (nSPS) is 11.2. The number of carbonyl (C=O) groups excluding carboxylic acids is 1. The summed E-state index contributed by atoms with van der Waals surface area (Å²) >= 11 is 0. The van der Waals surface area contributed by atoms with E-state index in [2.05, 4.69) is 19.2 Å². The molecular formula is C27H43NO5. The summed E-state index contributed by atoms with van der Waals surface area (Å²) in [6.07, 6.45) is 17.1. The fourth-order valence-corrected chi connectivity index (χ4v) is 3.93. The first kappa shape index (κ1) is 28.7. The molecule has 1 aromatic carbocycles. The molecule has 0 bridgehead atoms. The first-order valence-corrected chi connectivity index (χ1v) is 12.7. The van der Waals surface area contributed by atoms with Crippen LogP contribution < -0.4 is 5.32 Å². The molecule has 3 N–H and O–H groups in total. The maximum atomic E-state index is 12.1. The molecule has 0 heterocycles. The molecule has 0 saturated carbocycles. The van der Waals surface area contributed by atoms with Gasteiger partial charge in [-0.1, -0.05) is 90.9 Å². The summed E-state index contributed by atoms with van der Waals surface area (Å²) in [6.45, 7) is 5.43. The summed E-state index contributed by atoms with van der Waals surface area (Å²) in [4.78, 5) is 34.0. The van der Waals surface area contributed by atoms with Crippen LogP contribution in [0.3, 0.4) is 0 Å². The van der Waals surface area contributed by atoms with Crippen LogP contribution in [0.2, 0.25) is 0 Å². The van der Waals surface area contributed by atoms with Crippen molar-refractivity contribution in [3.8, 4) is 0 Å². The van der Waals surface area contributed by atoms with E-state index in [1.165, 1.54) is 89.2 Å². The van der Waals surface area contributed by atoms with Gasteiger partial charge in [-0.2, -0.15) is 0 Å². The molecule has 1 rings (SSSR count). The number of carboxylic acids is 2. The standard InChI is InChI=1S/C27H43NO5/c1-21(2)15-13-11-9-7-5-3-4-6-8-10-12-14-20-28-23-18-16-22(17-19-23)25(29)24(26(30)31)27(32)33/h16-19,21,24,28H,3-15,20H2,1-2H3,(H,30,31)(H,32,33). The highest BCUT2D eigenvalue weighted by Gasteiger charge is 2.34. The van der Waals surface area contributed by atoms with Crippen molar-refractivity contribution in [1.82, 2.24) is 0 Å². The van der Waals surface area contributed by atoms with Crippen molar-refractivity contribution >= 4 is 23.4 Å². The van der Waals surface area contributed by atoms with E-state index >= 15 is 0 Å². The van der Waals surface area contributed by atoms with Crippen LogP contribution in [0.4, 0.5) is 5.69 Å². The van der Waals surface area contributed by atoms with Crippen LogP contribution >= 0.6 is 0 Å². The maximum Gasteiger partial charge on any atom is 0.325 e. The van der Waals surface area contributed by atoms with Gasteiger partial charge in [0.05, 0.1) is 0 Å². The van der Waals surface area contributed by atoms with E-state index in [4.69, 9.17) is 10.2 Å². The molecule has 6 heteroatoms. The van der Waals surface area contributed by atoms with Gasteiger partial charge in [-0.05, 0) is 36.6 Å². The van der Waals surface area contributed by atoms with E-state index in [9.17, 15) is 14.4 Å². The van der Waals surface area contributed by atoms with Gasteiger partial charge >= 0.3 is 11.9 Å². The first-order valence-electron chi connectivity index (χ1n) is 12.7. The molecular weight excluding hydrogens is 418 g/mol. The third kappa shape index (κ3) is 13.1. The van der Waals surface area contributed by atoms with Gasteiger partial charge in [0, 0.05) is 17.8 Å². The van der Waals surface area contributed by atoms with Gasteiger partial charge in [0.2, 0.25) is 5.92 Å². The predicted octanol–water partition coefficient (Wildman–Crippen LogP) is 6.79. The van der Waals surface area contributed by atoms with Crippen LogP contribution in [0, 0.1) is 11.8 Å². The van der Waals surface area contributed by atoms with Crippen LogP contribution in [0.15, 0.2) is 24.3 Å². The van der Waals surface area contributed by atoms with Crippen LogP contribution in [-0.4, -0.2) is 34.5 Å². The maximum absolute atomic E-state index is 12.1. The van der Waals surface area contributed by atoms with Crippen LogP contribution in [-0.2, 0) is 9.59 Å². The van der Waals surface area contributed by atoms with Crippen LogP contribution in [0.25, 0.3) is 0 Å². The molecule has 186 valence electrons. The summed E-state index contributed by atoms with van der Waals surface area (Å²) < 4.78 is 0. The summed E-state index contributed by atoms with van der Waals surface area (Å²) in [5.74, 6) is -5.44. The Morgan fingerprint density at radius 3 is 1.55 bits per heavy atom. The number of ketones is 1. The summed E-state index contributed by atoms with van der Waals surface area (Å²) in [7, 11) is 0. The Hall–Kier alpha value is -2.37. The largest absolute Gasteiger partial charge is 0.480 e. The molecule has 0 fully saturated rings. The first-order chi connectivity index (χ1) is 15.8. The number of nitrogens with one attached hydrogen (secondary N) is 1. The molecule has 0 saturated heterocycles. The topological polar surface area (TPSA) is 104 Å². The van der Waals surface area contributed by atoms with Crippen molar-refractivity contribution < 1.29 is 24.6 Å². The highest BCUT2D eigenvalue weighted by atomic mass is 16.4. The van der Waals surface area contributed by atoms with Crippen molar-refractivity contribution in [1.29, 1.82) is 0 Å². The Morgan fingerprint density at radius 1 is 0.697 bits per heavy atom. The molecule has 1 aromatic rings. The molecule has 0 spiro atoms. The number of benzene rings is 1. The summed E-state index contributed by atoms with van der Waals surface area (Å²) in [5, 5.41) is 21.1. The van der Waals surface area contributed by atoms with Crippen molar-refractivity contribution in [3.05, 3.63) is 29.8 Å². The molecule has 0 unspecified atom stereocenters. The van der Waals surface area contributed by atoms with Crippen molar-refractivity contribution in [3.63, 3.8) is 0 Å². The van der Waals surface area contributed by atoms with Gasteiger partial charge in [0.1, 0.15) is 0 Å². The van der Waals surface area contributed by atoms with Crippen molar-refractivity contribution in [2.75, 3.05) is 11.9 Å². The van der Waals surface area contributed by atoms with E-state index in [0.717, 1.165) is 24.6 Å². The minimum atomic E-state index is -2.07. The smallest absolute Gasteiger partial charge is 0.325 e. The highest BCUT2D eigenvalue weighted by Crippen LogP contribution is 2.16. The van der Waals surface area contributed by atoms with Crippen LogP contribution in [0.5, 0.6) is 0 Å². The van der Waals surface area contributed by atoms with E-state index in [0.29, 0.717) is 0 Å². The number of aliphatic carboxylic acids is 2. The van der Waals surface area contributed by atoms with E-state index < -0.39 is 23.6 Å². The molecule has 0 aliphatic heterocycles. The third-order valence-electron chi connectivity index (χ3n) is 5.96. The van der Waals surface area contributed by atoms with Gasteiger partial charge < -0.3 is 15.5 Å². The van der Waals surface area contributed by atoms with E-state index in [1.54, 1.807) is 12.1 Å². The molecule has 33 heavy (non-hydrogen) atoms. The lowest BCUT2D eigenvalue weighted by atomic mass is 9.97. The van der Waals surface area contributed by atoms with Gasteiger partial charge in [-0.15, -0.1) is 0 Å². The fourth-order valence-electron chi connectivity index (χ4n) is 3.93. The summed E-state index contributed by atoms with van der Waals surface area (Å²) in [5.41, 5.74) is 0.916. The third-order valence-corrected chi connectivity index (χ3v) is 5.96. The minimum absolute atomic E-state index is 0.0847. The number of rotatable bonds is 20. The lowest BCUT2D eigenvalue weighted by molar-refractivity contribution is -0.151. The Balaban J connectivity index is 2.04. The predicted molar refractivity (Wildman–Crippen MR) is 133 cm³/mol.